The van der Waals surface area contributed by atoms with Crippen molar-refractivity contribution in [1.29, 1.82) is 0 Å². The number of nitro benzene ring substituents is 1. The molecule has 2 aliphatic rings. The first-order chi connectivity index (χ1) is 12.5. The summed E-state index contributed by atoms with van der Waals surface area (Å²) >= 11 is 6.34. The number of halogens is 1. The van der Waals surface area contributed by atoms with Crippen LogP contribution in [0.3, 0.4) is 0 Å². The van der Waals surface area contributed by atoms with Crippen LogP contribution in [0.15, 0.2) is 48.6 Å². The molecule has 132 valence electrons. The molecule has 0 saturated carbocycles. The van der Waals surface area contributed by atoms with E-state index >= 15 is 0 Å². The van der Waals surface area contributed by atoms with Gasteiger partial charge in [0.1, 0.15) is 0 Å². The number of aromatic carboxylic acids is 1. The van der Waals surface area contributed by atoms with Crippen LogP contribution in [0.4, 0.5) is 11.4 Å². The fraction of sp³-hybridized carbons (Fsp3) is 0.211. The van der Waals surface area contributed by atoms with Crippen molar-refractivity contribution in [1.82, 2.24) is 0 Å². The highest BCUT2D eigenvalue weighted by Crippen LogP contribution is 2.54. The molecule has 0 bridgehead atoms. The van der Waals surface area contributed by atoms with Gasteiger partial charge in [-0.15, -0.1) is 0 Å². The number of benzene rings is 2. The zero-order valence-corrected chi connectivity index (χ0v) is 14.3. The summed E-state index contributed by atoms with van der Waals surface area (Å²) in [5, 5.41) is 24.4. The molecule has 0 spiro atoms. The Bertz CT molecular complexity index is 939. The van der Waals surface area contributed by atoms with E-state index in [1.165, 1.54) is 12.1 Å². The number of fused-ring (bicyclic) bond motifs is 3. The van der Waals surface area contributed by atoms with Crippen molar-refractivity contribution in [3.05, 3.63) is 80.4 Å². The lowest BCUT2D eigenvalue weighted by Gasteiger charge is -2.37. The molecule has 3 atom stereocenters. The van der Waals surface area contributed by atoms with Gasteiger partial charge in [-0.3, -0.25) is 10.1 Å². The first-order valence-corrected chi connectivity index (χ1v) is 8.58. The van der Waals surface area contributed by atoms with Crippen LogP contribution in [0.1, 0.15) is 39.9 Å². The van der Waals surface area contributed by atoms with Crippen LogP contribution in [0.2, 0.25) is 5.02 Å². The van der Waals surface area contributed by atoms with E-state index in [0.29, 0.717) is 16.3 Å². The van der Waals surface area contributed by atoms with Crippen LogP contribution in [-0.4, -0.2) is 16.0 Å². The molecule has 6 nitrogen and oxygen atoms in total. The van der Waals surface area contributed by atoms with Gasteiger partial charge < -0.3 is 10.4 Å². The lowest BCUT2D eigenvalue weighted by atomic mass is 9.76. The van der Waals surface area contributed by atoms with Gasteiger partial charge in [-0.1, -0.05) is 35.9 Å². The van der Waals surface area contributed by atoms with Gasteiger partial charge in [-0.25, -0.2) is 4.79 Å². The minimum absolute atomic E-state index is 0.0677. The summed E-state index contributed by atoms with van der Waals surface area (Å²) in [6.07, 6.45) is 4.83. The highest BCUT2D eigenvalue weighted by Gasteiger charge is 2.42. The topological polar surface area (TPSA) is 92.5 Å². The number of carbonyl (C=O) groups is 1. The minimum atomic E-state index is -0.974. The van der Waals surface area contributed by atoms with Crippen molar-refractivity contribution in [2.75, 3.05) is 5.32 Å². The van der Waals surface area contributed by atoms with Crippen molar-refractivity contribution in [2.45, 2.75) is 18.4 Å². The molecule has 26 heavy (non-hydrogen) atoms. The van der Waals surface area contributed by atoms with E-state index in [1.54, 1.807) is 24.3 Å². The zero-order chi connectivity index (χ0) is 18.4. The molecule has 0 saturated heterocycles. The maximum absolute atomic E-state index is 11.5. The highest BCUT2D eigenvalue weighted by atomic mass is 35.5. The van der Waals surface area contributed by atoms with E-state index in [9.17, 15) is 14.9 Å². The van der Waals surface area contributed by atoms with Crippen molar-refractivity contribution >= 4 is 28.9 Å². The highest BCUT2D eigenvalue weighted by molar-refractivity contribution is 6.33. The van der Waals surface area contributed by atoms with Gasteiger partial charge >= 0.3 is 5.97 Å². The maximum Gasteiger partial charge on any atom is 0.335 e. The number of hydrogen-bond acceptors (Lipinski definition) is 4. The molecule has 2 unspecified atom stereocenters. The molecule has 2 N–H and O–H groups in total. The lowest BCUT2D eigenvalue weighted by Crippen LogP contribution is -2.29. The maximum atomic E-state index is 11.5. The molecule has 7 heteroatoms. The number of anilines is 1. The number of nitro groups is 1. The van der Waals surface area contributed by atoms with E-state index < -0.39 is 5.97 Å². The molecule has 1 heterocycles. The van der Waals surface area contributed by atoms with E-state index in [1.807, 2.05) is 12.2 Å². The standard InChI is InChI=1S/C19H15ClN2O4/c20-14-8-9-15(22(25)26)16-12-2-1-3-13(12)17(21-18(14)16)10-4-6-11(7-5-10)19(23)24/h1-2,4-9,12-13,17,21H,3H2,(H,23,24)/t12?,13?,17-/m1/s1. The van der Waals surface area contributed by atoms with Gasteiger partial charge in [0.05, 0.1) is 32.8 Å². The smallest absolute Gasteiger partial charge is 0.335 e. The third-order valence-corrected chi connectivity index (χ3v) is 5.47. The summed E-state index contributed by atoms with van der Waals surface area (Å²) in [5.74, 6) is -0.970. The summed E-state index contributed by atoms with van der Waals surface area (Å²) in [7, 11) is 0. The van der Waals surface area contributed by atoms with Gasteiger partial charge in [0.2, 0.25) is 0 Å². The second-order valence-corrected chi connectivity index (χ2v) is 6.92. The van der Waals surface area contributed by atoms with E-state index in [2.05, 4.69) is 5.32 Å². The summed E-state index contributed by atoms with van der Waals surface area (Å²) in [6.45, 7) is 0. The van der Waals surface area contributed by atoms with E-state index in [4.69, 9.17) is 16.7 Å². The van der Waals surface area contributed by atoms with Crippen molar-refractivity contribution in [3.63, 3.8) is 0 Å². The fourth-order valence-electron chi connectivity index (χ4n) is 3.98. The average molecular weight is 371 g/mol. The lowest BCUT2D eigenvalue weighted by molar-refractivity contribution is -0.385. The number of rotatable bonds is 3. The third-order valence-electron chi connectivity index (χ3n) is 5.16. The Morgan fingerprint density at radius 1 is 1.23 bits per heavy atom. The van der Waals surface area contributed by atoms with Gasteiger partial charge in [-0.05, 0) is 36.1 Å². The summed E-state index contributed by atoms with van der Waals surface area (Å²) in [4.78, 5) is 22.2. The Balaban J connectivity index is 1.81. The van der Waals surface area contributed by atoms with Gasteiger partial charge in [0, 0.05) is 12.0 Å². The second-order valence-electron chi connectivity index (χ2n) is 6.51. The van der Waals surface area contributed by atoms with Gasteiger partial charge in [0.25, 0.3) is 5.69 Å². The van der Waals surface area contributed by atoms with Crippen molar-refractivity contribution < 1.29 is 14.8 Å². The zero-order valence-electron chi connectivity index (χ0n) is 13.6. The van der Waals surface area contributed by atoms with Crippen molar-refractivity contribution in [2.24, 2.45) is 5.92 Å². The SMILES string of the molecule is O=C(O)c1ccc([C@H]2Nc3c(Cl)ccc([N+](=O)[O-])c3C3C=CCC32)cc1. The van der Waals surface area contributed by atoms with Gasteiger partial charge in [0.15, 0.2) is 0 Å². The molecule has 4 rings (SSSR count). The number of carboxylic acids is 1. The Morgan fingerprint density at radius 3 is 2.62 bits per heavy atom. The molecular formula is C19H15ClN2O4. The van der Waals surface area contributed by atoms with E-state index in [0.717, 1.165) is 12.0 Å². The predicted octanol–water partition coefficient (Wildman–Crippen LogP) is 4.77. The molecule has 1 aliphatic carbocycles. The minimum Gasteiger partial charge on any atom is -0.478 e. The Morgan fingerprint density at radius 2 is 1.96 bits per heavy atom. The molecular weight excluding hydrogens is 356 g/mol. The molecule has 0 radical (unpaired) electrons. The Labute approximate surface area is 154 Å². The molecule has 0 amide bonds. The number of allylic oxidation sites excluding steroid dienone is 2. The molecule has 0 aromatic heterocycles. The first kappa shape index (κ1) is 16.6. The molecule has 1 aliphatic heterocycles. The number of hydrogen-bond donors (Lipinski definition) is 2. The van der Waals surface area contributed by atoms with Crippen molar-refractivity contribution in [3.8, 4) is 0 Å². The van der Waals surface area contributed by atoms with Crippen LogP contribution < -0.4 is 5.32 Å². The van der Waals surface area contributed by atoms with E-state index in [-0.39, 0.29) is 34.1 Å². The summed E-state index contributed by atoms with van der Waals surface area (Å²) in [6, 6.07) is 9.59. The van der Waals surface area contributed by atoms with Crippen LogP contribution in [0, 0.1) is 16.0 Å². The largest absolute Gasteiger partial charge is 0.478 e. The van der Waals surface area contributed by atoms with Crippen LogP contribution in [-0.2, 0) is 0 Å². The Kier molecular flexibility index (Phi) is 3.92. The summed E-state index contributed by atoms with van der Waals surface area (Å²) < 4.78 is 0. The van der Waals surface area contributed by atoms with Crippen LogP contribution in [0.5, 0.6) is 0 Å². The fourth-order valence-corrected chi connectivity index (χ4v) is 4.20. The monoisotopic (exact) mass is 370 g/mol. The average Bonchev–Trinajstić information content (AvgIpc) is 3.11. The number of nitrogens with one attached hydrogen (secondary N) is 1. The summed E-state index contributed by atoms with van der Waals surface area (Å²) in [5.41, 5.74) is 2.43. The second kappa shape index (κ2) is 6.14. The van der Waals surface area contributed by atoms with Gasteiger partial charge in [-0.2, -0.15) is 0 Å². The third kappa shape index (κ3) is 2.54. The normalized spacial score (nSPS) is 23.0. The molecule has 2 aromatic carbocycles. The van der Waals surface area contributed by atoms with Crippen LogP contribution >= 0.6 is 11.6 Å². The first-order valence-electron chi connectivity index (χ1n) is 8.20. The molecule has 0 fully saturated rings. The molecule has 2 aromatic rings. The number of nitrogens with zero attached hydrogens (tertiary/aromatic N) is 1. The number of carboxylic acid groups (broad SMARTS) is 1. The predicted molar refractivity (Wildman–Crippen MR) is 97.9 cm³/mol. The Hall–Kier alpha value is -2.86. The van der Waals surface area contributed by atoms with Crippen LogP contribution in [0.25, 0.3) is 0 Å². The quantitative estimate of drug-likeness (QED) is 0.461.